The van der Waals surface area contributed by atoms with Gasteiger partial charge in [-0.25, -0.2) is 0 Å². The molecule has 0 bridgehead atoms. The highest BCUT2D eigenvalue weighted by molar-refractivity contribution is 5.69. The second kappa shape index (κ2) is 6.53. The molecule has 0 amide bonds. The van der Waals surface area contributed by atoms with Crippen molar-refractivity contribution in [1.29, 1.82) is 5.26 Å². The van der Waals surface area contributed by atoms with Gasteiger partial charge in [0.05, 0.1) is 12.1 Å². The summed E-state index contributed by atoms with van der Waals surface area (Å²) < 4.78 is 0. The first-order chi connectivity index (χ1) is 10.1. The lowest BCUT2D eigenvalue weighted by atomic mass is 10.0. The van der Waals surface area contributed by atoms with Crippen LogP contribution in [0.3, 0.4) is 0 Å². The normalized spacial score (nSPS) is 17.8. The summed E-state index contributed by atoms with van der Waals surface area (Å²) in [5, 5.41) is 27.0. The standard InChI is InChI=1S/C15H20N4O2/c1-3-11-12(9-16)15(18-17-13(11)4-2)19-7-5-6-10(19)8-14(20)21/h10H,3-8H2,1-2H3,(H,20,21). The van der Waals surface area contributed by atoms with E-state index in [2.05, 4.69) is 16.3 Å². The zero-order valence-corrected chi connectivity index (χ0v) is 12.5. The van der Waals surface area contributed by atoms with Gasteiger partial charge in [0, 0.05) is 12.6 Å². The van der Waals surface area contributed by atoms with Gasteiger partial charge in [0.1, 0.15) is 11.6 Å². The van der Waals surface area contributed by atoms with Crippen molar-refractivity contribution in [2.24, 2.45) is 0 Å². The SMILES string of the molecule is CCc1nnc(N2CCCC2CC(=O)O)c(C#N)c1CC. The third-order valence-corrected chi connectivity index (χ3v) is 4.00. The Morgan fingerprint density at radius 1 is 1.43 bits per heavy atom. The molecule has 0 aliphatic carbocycles. The molecule has 1 saturated heterocycles. The van der Waals surface area contributed by atoms with E-state index in [9.17, 15) is 10.1 Å². The molecule has 1 fully saturated rings. The lowest BCUT2D eigenvalue weighted by Crippen LogP contribution is -2.33. The highest BCUT2D eigenvalue weighted by Crippen LogP contribution is 2.30. The number of nitriles is 1. The maximum atomic E-state index is 11.0. The topological polar surface area (TPSA) is 90.1 Å². The predicted molar refractivity (Wildman–Crippen MR) is 78.1 cm³/mol. The average molecular weight is 288 g/mol. The second-order valence-electron chi connectivity index (χ2n) is 5.23. The molecule has 1 aliphatic rings. The fourth-order valence-corrected chi connectivity index (χ4v) is 3.01. The third-order valence-electron chi connectivity index (χ3n) is 4.00. The van der Waals surface area contributed by atoms with Crippen LogP contribution in [0.2, 0.25) is 0 Å². The Kier molecular flexibility index (Phi) is 4.73. The zero-order chi connectivity index (χ0) is 15.4. The highest BCUT2D eigenvalue weighted by Gasteiger charge is 2.30. The molecule has 0 saturated carbocycles. The van der Waals surface area contributed by atoms with Gasteiger partial charge in [-0.1, -0.05) is 13.8 Å². The molecule has 21 heavy (non-hydrogen) atoms. The predicted octanol–water partition coefficient (Wildman–Crippen LogP) is 1.92. The summed E-state index contributed by atoms with van der Waals surface area (Å²) in [5.41, 5.74) is 2.35. The molecule has 0 spiro atoms. The molecule has 1 unspecified atom stereocenters. The highest BCUT2D eigenvalue weighted by atomic mass is 16.4. The molecular formula is C15H20N4O2. The van der Waals surface area contributed by atoms with Crippen LogP contribution in [0, 0.1) is 11.3 Å². The van der Waals surface area contributed by atoms with Gasteiger partial charge in [0.15, 0.2) is 5.82 Å². The molecule has 2 rings (SSSR count). The van der Waals surface area contributed by atoms with Crippen molar-refractivity contribution >= 4 is 11.8 Å². The Balaban J connectivity index is 2.44. The number of carboxylic acid groups (broad SMARTS) is 1. The largest absolute Gasteiger partial charge is 0.481 e. The number of hydrogen-bond acceptors (Lipinski definition) is 5. The molecule has 1 aromatic heterocycles. The fraction of sp³-hybridized carbons (Fsp3) is 0.600. The molecule has 1 N–H and O–H groups in total. The van der Waals surface area contributed by atoms with Crippen LogP contribution in [0.15, 0.2) is 0 Å². The van der Waals surface area contributed by atoms with Crippen LogP contribution < -0.4 is 4.90 Å². The van der Waals surface area contributed by atoms with Gasteiger partial charge >= 0.3 is 5.97 Å². The van der Waals surface area contributed by atoms with Gasteiger partial charge in [0.25, 0.3) is 0 Å². The molecule has 2 heterocycles. The number of aryl methyl sites for hydroxylation is 1. The van der Waals surface area contributed by atoms with Crippen molar-refractivity contribution < 1.29 is 9.90 Å². The lowest BCUT2D eigenvalue weighted by molar-refractivity contribution is -0.137. The quantitative estimate of drug-likeness (QED) is 0.890. The number of anilines is 1. The number of nitrogens with zero attached hydrogens (tertiary/aromatic N) is 4. The van der Waals surface area contributed by atoms with Crippen LogP contribution in [-0.2, 0) is 17.6 Å². The van der Waals surface area contributed by atoms with E-state index < -0.39 is 5.97 Å². The lowest BCUT2D eigenvalue weighted by Gasteiger charge is -2.26. The first kappa shape index (κ1) is 15.2. The number of aromatic nitrogens is 2. The number of aliphatic carboxylic acids is 1. The van der Waals surface area contributed by atoms with Gasteiger partial charge < -0.3 is 10.0 Å². The van der Waals surface area contributed by atoms with E-state index in [0.717, 1.165) is 43.5 Å². The van der Waals surface area contributed by atoms with Crippen LogP contribution in [0.5, 0.6) is 0 Å². The number of rotatable bonds is 5. The van der Waals surface area contributed by atoms with Crippen LogP contribution in [0.4, 0.5) is 5.82 Å². The maximum absolute atomic E-state index is 11.0. The van der Waals surface area contributed by atoms with Crippen LogP contribution in [0.1, 0.15) is 49.9 Å². The molecule has 1 atom stereocenters. The first-order valence-electron chi connectivity index (χ1n) is 7.39. The number of carbonyl (C=O) groups is 1. The Labute approximate surface area is 124 Å². The molecule has 6 nitrogen and oxygen atoms in total. The van der Waals surface area contributed by atoms with Gasteiger partial charge in [-0.2, -0.15) is 10.4 Å². The molecule has 1 aromatic rings. The molecule has 112 valence electrons. The smallest absolute Gasteiger partial charge is 0.305 e. The number of hydrogen-bond donors (Lipinski definition) is 1. The molecule has 1 aliphatic heterocycles. The van der Waals surface area contributed by atoms with E-state index >= 15 is 0 Å². The van der Waals surface area contributed by atoms with Gasteiger partial charge in [0.2, 0.25) is 0 Å². The molecule has 0 radical (unpaired) electrons. The fourth-order valence-electron chi connectivity index (χ4n) is 3.01. The van der Waals surface area contributed by atoms with E-state index in [0.29, 0.717) is 11.4 Å². The van der Waals surface area contributed by atoms with E-state index in [1.165, 1.54) is 0 Å². The summed E-state index contributed by atoms with van der Waals surface area (Å²) in [6.07, 6.45) is 3.27. The summed E-state index contributed by atoms with van der Waals surface area (Å²) in [6.45, 7) is 4.72. The monoisotopic (exact) mass is 288 g/mol. The van der Waals surface area contributed by atoms with Crippen molar-refractivity contribution in [1.82, 2.24) is 10.2 Å². The van der Waals surface area contributed by atoms with Crippen molar-refractivity contribution in [3.05, 3.63) is 16.8 Å². The minimum Gasteiger partial charge on any atom is -0.481 e. The first-order valence-corrected chi connectivity index (χ1v) is 7.39. The third kappa shape index (κ3) is 2.97. The van der Waals surface area contributed by atoms with Crippen molar-refractivity contribution in [2.45, 2.75) is 52.0 Å². The van der Waals surface area contributed by atoms with E-state index in [-0.39, 0.29) is 12.5 Å². The van der Waals surface area contributed by atoms with Gasteiger partial charge in [-0.3, -0.25) is 4.79 Å². The van der Waals surface area contributed by atoms with Crippen molar-refractivity contribution in [3.8, 4) is 6.07 Å². The van der Waals surface area contributed by atoms with E-state index in [1.807, 2.05) is 18.7 Å². The summed E-state index contributed by atoms with van der Waals surface area (Å²) in [6, 6.07) is 2.15. The van der Waals surface area contributed by atoms with Gasteiger partial charge in [-0.05, 0) is 31.2 Å². The van der Waals surface area contributed by atoms with Crippen LogP contribution in [0.25, 0.3) is 0 Å². The zero-order valence-electron chi connectivity index (χ0n) is 12.5. The molecule has 0 aromatic carbocycles. The van der Waals surface area contributed by atoms with Gasteiger partial charge in [-0.15, -0.1) is 5.10 Å². The van der Waals surface area contributed by atoms with Crippen molar-refractivity contribution in [3.63, 3.8) is 0 Å². The average Bonchev–Trinajstić information content (AvgIpc) is 2.92. The summed E-state index contributed by atoms with van der Waals surface area (Å²) in [7, 11) is 0. The minimum atomic E-state index is -0.820. The molecule has 6 heteroatoms. The van der Waals surface area contributed by atoms with E-state index in [4.69, 9.17) is 5.11 Å². The Bertz CT molecular complexity index is 580. The second-order valence-corrected chi connectivity index (χ2v) is 5.23. The molecular weight excluding hydrogens is 268 g/mol. The van der Waals surface area contributed by atoms with Crippen LogP contribution >= 0.6 is 0 Å². The van der Waals surface area contributed by atoms with Crippen LogP contribution in [-0.4, -0.2) is 33.9 Å². The van der Waals surface area contributed by atoms with Crippen molar-refractivity contribution in [2.75, 3.05) is 11.4 Å². The Morgan fingerprint density at radius 2 is 2.19 bits per heavy atom. The Hall–Kier alpha value is -2.16. The number of carboxylic acids is 1. The van der Waals surface area contributed by atoms with E-state index in [1.54, 1.807) is 0 Å². The summed E-state index contributed by atoms with van der Waals surface area (Å²) >= 11 is 0. The maximum Gasteiger partial charge on any atom is 0.305 e. The minimum absolute atomic E-state index is 0.0730. The summed E-state index contributed by atoms with van der Waals surface area (Å²) in [5.74, 6) is -0.269. The Morgan fingerprint density at radius 3 is 2.76 bits per heavy atom. The summed E-state index contributed by atoms with van der Waals surface area (Å²) in [4.78, 5) is 12.9.